The van der Waals surface area contributed by atoms with Gasteiger partial charge in [0.15, 0.2) is 0 Å². The van der Waals surface area contributed by atoms with Crippen molar-refractivity contribution in [3.8, 4) is 28.4 Å². The van der Waals surface area contributed by atoms with Gasteiger partial charge >= 0.3 is 6.03 Å². The Kier molecular flexibility index (Phi) is 7.59. The van der Waals surface area contributed by atoms with Crippen molar-refractivity contribution in [1.29, 1.82) is 0 Å². The smallest absolute Gasteiger partial charge is 0.323 e. The molecule has 3 amide bonds. The molecule has 0 heterocycles. The van der Waals surface area contributed by atoms with Gasteiger partial charge in [0.2, 0.25) is 0 Å². The molecule has 37 heavy (non-hydrogen) atoms. The van der Waals surface area contributed by atoms with Gasteiger partial charge in [-0.25, -0.2) is 4.79 Å². The highest BCUT2D eigenvalue weighted by Gasteiger charge is 2.20. The predicted octanol–water partition coefficient (Wildman–Crippen LogP) is 5.96. The predicted molar refractivity (Wildman–Crippen MR) is 147 cm³/mol. The molecule has 0 atom stereocenters. The summed E-state index contributed by atoms with van der Waals surface area (Å²) < 4.78 is 11.4. The lowest BCUT2D eigenvalue weighted by molar-refractivity contribution is 0.0997. The highest BCUT2D eigenvalue weighted by Crippen LogP contribution is 2.40. The van der Waals surface area contributed by atoms with E-state index in [9.17, 15) is 9.59 Å². The summed E-state index contributed by atoms with van der Waals surface area (Å²) in [6, 6.07) is 26.8. The minimum absolute atomic E-state index is 0.214. The number of nitrogens with two attached hydrogens (primary N) is 1. The molecule has 8 heteroatoms. The van der Waals surface area contributed by atoms with Gasteiger partial charge in [0.25, 0.3) is 5.91 Å². The average molecular weight is 497 g/mol. The van der Waals surface area contributed by atoms with E-state index < -0.39 is 11.9 Å². The monoisotopic (exact) mass is 496 g/mol. The highest BCUT2D eigenvalue weighted by atomic mass is 16.5. The number of nitrogens with one attached hydrogen (secondary N) is 2. The number of hydrogen-bond acceptors (Lipinski definition) is 5. The fourth-order valence-corrected chi connectivity index (χ4v) is 3.85. The van der Waals surface area contributed by atoms with Crippen molar-refractivity contribution < 1.29 is 19.1 Å². The molecule has 0 aromatic heterocycles. The molecule has 0 fully saturated rings. The number of benzene rings is 4. The summed E-state index contributed by atoms with van der Waals surface area (Å²) in [5, 5.41) is 5.70. The van der Waals surface area contributed by atoms with Crippen LogP contribution >= 0.6 is 0 Å². The first-order chi connectivity index (χ1) is 17.9. The number of nitrogens with zero attached hydrogens (tertiary/aromatic N) is 1. The number of rotatable bonds is 8. The maximum atomic E-state index is 13.0. The van der Waals surface area contributed by atoms with Crippen LogP contribution in [0.5, 0.6) is 17.2 Å². The molecule has 4 aromatic carbocycles. The Morgan fingerprint density at radius 2 is 1.51 bits per heavy atom. The van der Waals surface area contributed by atoms with Crippen molar-refractivity contribution in [2.45, 2.75) is 0 Å². The zero-order valence-electron chi connectivity index (χ0n) is 20.8. The number of methoxy groups -OCH3 is 1. The van der Waals surface area contributed by atoms with E-state index >= 15 is 0 Å². The van der Waals surface area contributed by atoms with Crippen LogP contribution in [-0.2, 0) is 0 Å². The molecule has 0 unspecified atom stereocenters. The van der Waals surface area contributed by atoms with Gasteiger partial charge in [0.1, 0.15) is 17.2 Å². The molecule has 4 rings (SSSR count). The molecule has 0 radical (unpaired) electrons. The standard InChI is InChI=1S/C29H28N4O4/c1-33(2)21-14-12-19(13-15-21)26-25(17-16-24(28(30)34)27(26)36-3)32-29(35)31-20-8-7-11-23(18-20)37-22-9-5-4-6-10-22/h4-18H,1-3H3,(H2,30,34)(H2,31,32,35). The van der Waals surface area contributed by atoms with Crippen molar-refractivity contribution in [2.24, 2.45) is 5.73 Å². The largest absolute Gasteiger partial charge is 0.495 e. The third-order valence-corrected chi connectivity index (χ3v) is 5.62. The number of urea groups is 1. The molecule has 0 bridgehead atoms. The summed E-state index contributed by atoms with van der Waals surface area (Å²) in [7, 11) is 5.35. The first-order valence-electron chi connectivity index (χ1n) is 11.5. The Balaban J connectivity index is 1.61. The van der Waals surface area contributed by atoms with E-state index in [1.807, 2.05) is 73.6 Å². The van der Waals surface area contributed by atoms with Crippen LogP contribution < -0.4 is 30.7 Å². The molecule has 0 spiro atoms. The number of anilines is 3. The third kappa shape index (κ3) is 5.99. The molecule has 4 N–H and O–H groups in total. The summed E-state index contributed by atoms with van der Waals surface area (Å²) in [6.07, 6.45) is 0. The summed E-state index contributed by atoms with van der Waals surface area (Å²) in [5.41, 5.74) is 9.09. The second-order valence-corrected chi connectivity index (χ2v) is 8.40. The fraction of sp³-hybridized carbons (Fsp3) is 0.103. The Morgan fingerprint density at radius 3 is 2.16 bits per heavy atom. The molecular formula is C29H28N4O4. The maximum absolute atomic E-state index is 13.0. The van der Waals surface area contributed by atoms with Gasteiger partial charge in [-0.2, -0.15) is 0 Å². The van der Waals surface area contributed by atoms with E-state index in [1.165, 1.54) is 13.2 Å². The van der Waals surface area contributed by atoms with E-state index in [-0.39, 0.29) is 11.3 Å². The van der Waals surface area contributed by atoms with Crippen molar-refractivity contribution >= 4 is 29.0 Å². The summed E-state index contributed by atoms with van der Waals surface area (Å²) >= 11 is 0. The van der Waals surface area contributed by atoms with Crippen molar-refractivity contribution in [3.05, 3.63) is 96.6 Å². The van der Waals surface area contributed by atoms with Gasteiger partial charge in [-0.15, -0.1) is 0 Å². The zero-order chi connectivity index (χ0) is 26.4. The zero-order valence-corrected chi connectivity index (χ0v) is 20.8. The van der Waals surface area contributed by atoms with Gasteiger partial charge in [-0.05, 0) is 54.1 Å². The normalized spacial score (nSPS) is 10.4. The van der Waals surface area contributed by atoms with Crippen LogP contribution in [-0.4, -0.2) is 33.1 Å². The Morgan fingerprint density at radius 1 is 0.811 bits per heavy atom. The van der Waals surface area contributed by atoms with Gasteiger partial charge in [0.05, 0.1) is 18.4 Å². The van der Waals surface area contributed by atoms with Crippen LogP contribution in [0.15, 0.2) is 91.0 Å². The third-order valence-electron chi connectivity index (χ3n) is 5.62. The number of ether oxygens (including phenoxy) is 2. The second kappa shape index (κ2) is 11.2. The molecule has 0 saturated carbocycles. The van der Waals surface area contributed by atoms with Gasteiger partial charge in [-0.3, -0.25) is 4.79 Å². The Labute approximate surface area is 215 Å². The SMILES string of the molecule is COc1c(C(N)=O)ccc(NC(=O)Nc2cccc(Oc3ccccc3)c2)c1-c1ccc(N(C)C)cc1. The minimum Gasteiger partial charge on any atom is -0.495 e. The number of carbonyl (C=O) groups excluding carboxylic acids is 2. The lowest BCUT2D eigenvalue weighted by Crippen LogP contribution is -2.20. The molecule has 0 aliphatic rings. The number of para-hydroxylation sites is 1. The van der Waals surface area contributed by atoms with E-state index in [0.29, 0.717) is 28.4 Å². The van der Waals surface area contributed by atoms with Crippen LogP contribution in [0, 0.1) is 0 Å². The molecule has 0 saturated heterocycles. The lowest BCUT2D eigenvalue weighted by atomic mass is 9.98. The van der Waals surface area contributed by atoms with Crippen LogP contribution in [0.25, 0.3) is 11.1 Å². The average Bonchev–Trinajstić information content (AvgIpc) is 2.89. The lowest BCUT2D eigenvalue weighted by Gasteiger charge is -2.19. The minimum atomic E-state index is -0.630. The van der Waals surface area contributed by atoms with Gasteiger partial charge in [-0.1, -0.05) is 36.4 Å². The summed E-state index contributed by atoms with van der Waals surface area (Å²) in [4.78, 5) is 27.0. The summed E-state index contributed by atoms with van der Waals surface area (Å²) in [6.45, 7) is 0. The quantitative estimate of drug-likeness (QED) is 0.279. The van der Waals surface area contributed by atoms with Crippen LogP contribution in [0.3, 0.4) is 0 Å². The van der Waals surface area contributed by atoms with Crippen molar-refractivity contribution in [3.63, 3.8) is 0 Å². The van der Waals surface area contributed by atoms with Crippen LogP contribution in [0.1, 0.15) is 10.4 Å². The summed E-state index contributed by atoms with van der Waals surface area (Å²) in [5.74, 6) is 0.921. The van der Waals surface area contributed by atoms with E-state index in [1.54, 1.807) is 30.3 Å². The van der Waals surface area contributed by atoms with E-state index in [0.717, 1.165) is 11.3 Å². The highest BCUT2D eigenvalue weighted by molar-refractivity contribution is 6.06. The topological polar surface area (TPSA) is 106 Å². The number of amides is 3. The van der Waals surface area contributed by atoms with Gasteiger partial charge < -0.3 is 30.7 Å². The molecule has 188 valence electrons. The van der Waals surface area contributed by atoms with E-state index in [2.05, 4.69) is 10.6 Å². The Hall–Kier alpha value is -4.98. The van der Waals surface area contributed by atoms with Crippen molar-refractivity contribution in [2.75, 3.05) is 36.7 Å². The number of primary amides is 1. The second-order valence-electron chi connectivity index (χ2n) is 8.40. The molecular weight excluding hydrogens is 468 g/mol. The van der Waals surface area contributed by atoms with Crippen LogP contribution in [0.4, 0.5) is 21.9 Å². The first kappa shape index (κ1) is 25.1. The van der Waals surface area contributed by atoms with Crippen molar-refractivity contribution in [1.82, 2.24) is 0 Å². The molecule has 0 aliphatic heterocycles. The number of hydrogen-bond donors (Lipinski definition) is 3. The van der Waals surface area contributed by atoms with Crippen LogP contribution in [0.2, 0.25) is 0 Å². The van der Waals surface area contributed by atoms with Gasteiger partial charge in [0, 0.05) is 37.1 Å². The molecule has 8 nitrogen and oxygen atoms in total. The van der Waals surface area contributed by atoms with E-state index in [4.69, 9.17) is 15.2 Å². The molecule has 0 aliphatic carbocycles. The maximum Gasteiger partial charge on any atom is 0.323 e. The molecule has 4 aromatic rings. The number of carbonyl (C=O) groups is 2. The fourth-order valence-electron chi connectivity index (χ4n) is 3.85. The Bertz CT molecular complexity index is 1400. The first-order valence-corrected chi connectivity index (χ1v) is 11.5.